The Morgan fingerprint density at radius 1 is 1.38 bits per heavy atom. The van der Waals surface area contributed by atoms with Crippen molar-refractivity contribution in [1.82, 2.24) is 14.9 Å². The lowest BCUT2D eigenvalue weighted by molar-refractivity contribution is 0.242. The molecular weight excluding hydrogens is 311 g/mol. The first-order chi connectivity index (χ1) is 10.0. The number of hydrogen-bond donors (Lipinski definition) is 2. The number of aromatic nitrogens is 2. The molecule has 110 valence electrons. The maximum atomic E-state index is 12.0. The van der Waals surface area contributed by atoms with Gasteiger partial charge in [-0.3, -0.25) is 14.7 Å². The second-order valence-corrected chi connectivity index (χ2v) is 5.92. The van der Waals surface area contributed by atoms with Crippen LogP contribution in [0.4, 0.5) is 5.95 Å². The van der Waals surface area contributed by atoms with Crippen molar-refractivity contribution in [2.45, 2.75) is 19.5 Å². The zero-order chi connectivity index (χ0) is 15.0. The third kappa shape index (κ3) is 3.05. The summed E-state index contributed by atoms with van der Waals surface area (Å²) in [6, 6.07) is 5.40. The number of H-pyrrole nitrogens is 1. The Bertz CT molecular complexity index is 744. The lowest BCUT2D eigenvalue weighted by Crippen LogP contribution is -2.35. The first-order valence-corrected chi connectivity index (χ1v) is 7.32. The van der Waals surface area contributed by atoms with E-state index in [1.54, 1.807) is 12.1 Å². The van der Waals surface area contributed by atoms with Crippen LogP contribution in [0.25, 0.3) is 0 Å². The molecule has 0 bridgehead atoms. The molecule has 0 aliphatic carbocycles. The molecular formula is C14H14Cl2N4O. The summed E-state index contributed by atoms with van der Waals surface area (Å²) in [7, 11) is 0. The summed E-state index contributed by atoms with van der Waals surface area (Å²) in [6.45, 7) is 1.97. The third-order valence-electron chi connectivity index (χ3n) is 3.57. The molecule has 3 rings (SSSR count). The lowest BCUT2D eigenvalue weighted by Gasteiger charge is -2.27. The number of fused-ring (bicyclic) bond motifs is 1. The minimum atomic E-state index is -0.167. The summed E-state index contributed by atoms with van der Waals surface area (Å²) in [5.74, 6) is 0.171. The van der Waals surface area contributed by atoms with E-state index in [1.165, 1.54) is 0 Å². The highest BCUT2D eigenvalue weighted by atomic mass is 35.5. The molecule has 0 saturated carbocycles. The highest BCUT2D eigenvalue weighted by Gasteiger charge is 2.21. The number of hydrogen-bond acceptors (Lipinski definition) is 4. The first kappa shape index (κ1) is 14.4. The second-order valence-electron chi connectivity index (χ2n) is 5.07. The Balaban J connectivity index is 1.83. The van der Waals surface area contributed by atoms with Gasteiger partial charge in [-0.25, -0.2) is 4.98 Å². The number of nitrogens with one attached hydrogen (secondary N) is 1. The summed E-state index contributed by atoms with van der Waals surface area (Å²) >= 11 is 12.2. The van der Waals surface area contributed by atoms with Gasteiger partial charge in [0.25, 0.3) is 5.56 Å². The molecule has 1 aliphatic rings. The number of nitrogen functional groups attached to an aromatic ring is 1. The SMILES string of the molecule is Nc1nc2c(c(=O)[nH]1)CN(Cc1cc(Cl)ccc1Cl)CC2. The highest BCUT2D eigenvalue weighted by molar-refractivity contribution is 6.33. The summed E-state index contributed by atoms with van der Waals surface area (Å²) in [5.41, 5.74) is 7.81. The Morgan fingerprint density at radius 3 is 3.00 bits per heavy atom. The quantitative estimate of drug-likeness (QED) is 0.888. The number of aromatic amines is 1. The van der Waals surface area contributed by atoms with E-state index in [9.17, 15) is 4.79 Å². The van der Waals surface area contributed by atoms with Gasteiger partial charge in [-0.15, -0.1) is 0 Å². The molecule has 0 fully saturated rings. The maximum absolute atomic E-state index is 12.0. The number of nitrogens with zero attached hydrogens (tertiary/aromatic N) is 2. The molecule has 0 amide bonds. The minimum absolute atomic E-state index is 0.167. The standard InChI is InChI=1S/C14H14Cl2N4O/c15-9-1-2-11(16)8(5-9)6-20-4-3-12-10(7-20)13(21)19-14(17)18-12/h1-2,5H,3-4,6-7H2,(H3,17,18,19,21). The van der Waals surface area contributed by atoms with Crippen LogP contribution in [0.15, 0.2) is 23.0 Å². The number of rotatable bonds is 2. The van der Waals surface area contributed by atoms with E-state index in [2.05, 4.69) is 14.9 Å². The largest absolute Gasteiger partial charge is 0.369 e. The molecule has 0 saturated heterocycles. The molecule has 1 aliphatic heterocycles. The Morgan fingerprint density at radius 2 is 2.19 bits per heavy atom. The molecule has 0 radical (unpaired) electrons. The van der Waals surface area contributed by atoms with Crippen LogP contribution < -0.4 is 11.3 Å². The van der Waals surface area contributed by atoms with Crippen molar-refractivity contribution in [2.24, 2.45) is 0 Å². The molecule has 2 aromatic rings. The summed E-state index contributed by atoms with van der Waals surface area (Å²) < 4.78 is 0. The molecule has 21 heavy (non-hydrogen) atoms. The Hall–Kier alpha value is -1.56. The zero-order valence-corrected chi connectivity index (χ0v) is 12.7. The zero-order valence-electron chi connectivity index (χ0n) is 11.2. The smallest absolute Gasteiger partial charge is 0.257 e. The van der Waals surface area contributed by atoms with Gasteiger partial charge in [0.15, 0.2) is 0 Å². The van der Waals surface area contributed by atoms with Gasteiger partial charge in [0.05, 0.1) is 11.3 Å². The van der Waals surface area contributed by atoms with Crippen LogP contribution >= 0.6 is 23.2 Å². The molecule has 5 nitrogen and oxygen atoms in total. The van der Waals surface area contributed by atoms with Gasteiger partial charge in [0.2, 0.25) is 5.95 Å². The van der Waals surface area contributed by atoms with E-state index < -0.39 is 0 Å². The Kier molecular flexibility index (Phi) is 3.89. The van der Waals surface area contributed by atoms with Gasteiger partial charge >= 0.3 is 0 Å². The van der Waals surface area contributed by atoms with Crippen molar-refractivity contribution in [2.75, 3.05) is 12.3 Å². The van der Waals surface area contributed by atoms with Crippen LogP contribution in [0.3, 0.4) is 0 Å². The van der Waals surface area contributed by atoms with E-state index in [0.29, 0.717) is 35.1 Å². The normalized spacial score (nSPS) is 15.0. The van der Waals surface area contributed by atoms with E-state index >= 15 is 0 Å². The molecule has 0 unspecified atom stereocenters. The van der Waals surface area contributed by atoms with Crippen LogP contribution in [0.5, 0.6) is 0 Å². The topological polar surface area (TPSA) is 75.0 Å². The number of nitrogens with two attached hydrogens (primary N) is 1. The second kappa shape index (κ2) is 5.67. The van der Waals surface area contributed by atoms with Crippen LogP contribution in [0, 0.1) is 0 Å². The molecule has 0 atom stereocenters. The van der Waals surface area contributed by atoms with Crippen molar-refractivity contribution >= 4 is 29.2 Å². The summed E-state index contributed by atoms with van der Waals surface area (Å²) in [5, 5.41) is 1.33. The van der Waals surface area contributed by atoms with Gasteiger partial charge in [-0.1, -0.05) is 23.2 Å². The van der Waals surface area contributed by atoms with Crippen molar-refractivity contribution in [3.8, 4) is 0 Å². The van der Waals surface area contributed by atoms with Crippen LogP contribution in [-0.4, -0.2) is 21.4 Å². The Labute approximate surface area is 131 Å². The van der Waals surface area contributed by atoms with Crippen molar-refractivity contribution in [3.05, 3.63) is 55.4 Å². The maximum Gasteiger partial charge on any atom is 0.257 e. The highest BCUT2D eigenvalue weighted by Crippen LogP contribution is 2.24. The summed E-state index contributed by atoms with van der Waals surface area (Å²) in [4.78, 5) is 20.8. The average molecular weight is 325 g/mol. The van der Waals surface area contributed by atoms with Crippen LogP contribution in [0.1, 0.15) is 16.8 Å². The van der Waals surface area contributed by atoms with Crippen LogP contribution in [-0.2, 0) is 19.5 Å². The van der Waals surface area contributed by atoms with Gasteiger partial charge in [-0.2, -0.15) is 0 Å². The molecule has 1 aromatic heterocycles. The van der Waals surface area contributed by atoms with Crippen molar-refractivity contribution < 1.29 is 0 Å². The number of halogens is 2. The average Bonchev–Trinajstić information content (AvgIpc) is 2.43. The minimum Gasteiger partial charge on any atom is -0.369 e. The van der Waals surface area contributed by atoms with Gasteiger partial charge in [0, 0.05) is 36.1 Å². The number of anilines is 1. The first-order valence-electron chi connectivity index (χ1n) is 6.57. The predicted molar refractivity (Wildman–Crippen MR) is 83.6 cm³/mol. The fourth-order valence-electron chi connectivity index (χ4n) is 2.54. The van der Waals surface area contributed by atoms with Crippen molar-refractivity contribution in [3.63, 3.8) is 0 Å². The third-order valence-corrected chi connectivity index (χ3v) is 4.17. The molecule has 3 N–H and O–H groups in total. The molecule has 2 heterocycles. The van der Waals surface area contributed by atoms with Gasteiger partial charge < -0.3 is 5.73 Å². The molecule has 0 spiro atoms. The lowest BCUT2D eigenvalue weighted by atomic mass is 10.1. The van der Waals surface area contributed by atoms with E-state index in [0.717, 1.165) is 17.8 Å². The van der Waals surface area contributed by atoms with Crippen molar-refractivity contribution in [1.29, 1.82) is 0 Å². The van der Waals surface area contributed by atoms with Gasteiger partial charge in [-0.05, 0) is 23.8 Å². The number of benzene rings is 1. The van der Waals surface area contributed by atoms with Crippen LogP contribution in [0.2, 0.25) is 10.0 Å². The van der Waals surface area contributed by atoms with E-state index in [1.807, 2.05) is 6.07 Å². The molecule has 7 heteroatoms. The van der Waals surface area contributed by atoms with E-state index in [-0.39, 0.29) is 11.5 Å². The fraction of sp³-hybridized carbons (Fsp3) is 0.286. The summed E-state index contributed by atoms with van der Waals surface area (Å²) in [6.07, 6.45) is 0.696. The predicted octanol–water partition coefficient (Wildman–Crippen LogP) is 2.22. The monoisotopic (exact) mass is 324 g/mol. The van der Waals surface area contributed by atoms with Gasteiger partial charge in [0.1, 0.15) is 0 Å². The van der Waals surface area contributed by atoms with E-state index in [4.69, 9.17) is 28.9 Å². The fourth-order valence-corrected chi connectivity index (χ4v) is 2.91. The molecule has 1 aromatic carbocycles.